The average Bonchev–Trinajstić information content (AvgIpc) is 0.798. The molecule has 29 heteroatoms. The molecule has 0 fully saturated rings. The molecule has 22 nitrogen and oxygen atoms in total. The Labute approximate surface area is 647 Å². The van der Waals surface area contributed by atoms with Gasteiger partial charge in [-0.3, -0.25) is 37.2 Å². The van der Waals surface area contributed by atoms with Crippen molar-refractivity contribution >= 4 is 151 Å². The highest BCUT2D eigenvalue weighted by molar-refractivity contribution is 9.10. The summed E-state index contributed by atoms with van der Waals surface area (Å²) in [5.41, 5.74) is 21.6. The highest BCUT2D eigenvalue weighted by atomic mass is 79.9. The number of phenolic OH excluding ortho intramolecular Hbond substituents is 5. The average molecular weight is 1610 g/mol. The third-order valence-electron chi connectivity index (χ3n) is 14.3. The van der Waals surface area contributed by atoms with Crippen LogP contribution in [0.5, 0.6) is 34.5 Å². The number of hydrazone groups is 5. The van der Waals surface area contributed by atoms with Crippen LogP contribution in [0.2, 0.25) is 30.1 Å². The van der Waals surface area contributed by atoms with Crippen LogP contribution in [0.1, 0.15) is 112 Å². The van der Waals surface area contributed by atoms with E-state index in [1.165, 1.54) is 73.8 Å². The lowest BCUT2D eigenvalue weighted by atomic mass is 9.79. The number of nitrogens with zero attached hydrogens (tertiary/aromatic N) is 9. The molecule has 10 rings (SSSR count). The molecule has 0 radical (unpaired) electrons. The molecule has 0 aliphatic heterocycles. The molecule has 7 aromatic carbocycles. The molecule has 0 unspecified atom stereocenters. The van der Waals surface area contributed by atoms with Gasteiger partial charge in [-0.05, 0) is 136 Å². The van der Waals surface area contributed by atoms with Gasteiger partial charge in [0, 0.05) is 73.6 Å². The van der Waals surface area contributed by atoms with Gasteiger partial charge in [0.2, 0.25) is 0 Å². The summed E-state index contributed by atoms with van der Waals surface area (Å²) >= 11 is 38.8. The second-order valence-electron chi connectivity index (χ2n) is 25.6. The Morgan fingerprint density at radius 3 is 1.42 bits per heavy atom. The summed E-state index contributed by atoms with van der Waals surface area (Å²) in [5, 5.41) is 82.5. The van der Waals surface area contributed by atoms with Crippen LogP contribution in [-0.2, 0) is 16.2 Å². The van der Waals surface area contributed by atoms with Crippen molar-refractivity contribution in [3.8, 4) is 34.5 Å². The monoisotopic (exact) mass is 1600 g/mol. The third-order valence-corrected chi connectivity index (χ3v) is 16.7. The number of pyridine rings is 3. The van der Waals surface area contributed by atoms with Crippen LogP contribution in [0.25, 0.3) is 0 Å². The van der Waals surface area contributed by atoms with Gasteiger partial charge in [-0.25, -0.2) is 15.0 Å². The number of methoxy groups -OCH3 is 1. The molecule has 10 N–H and O–H groups in total. The first-order valence-corrected chi connectivity index (χ1v) is 34.7. The molecule has 0 saturated carbocycles. The number of phenols is 5. The Hall–Kier alpha value is -10.2. The largest absolute Gasteiger partial charge is 0.507 e. The summed E-state index contributed by atoms with van der Waals surface area (Å²) in [7, 11) is 1.38. The maximum absolute atomic E-state index is 10.7. The van der Waals surface area contributed by atoms with Crippen LogP contribution in [0.3, 0.4) is 0 Å². The molecule has 105 heavy (non-hydrogen) atoms. The molecule has 0 bridgehead atoms. The summed E-state index contributed by atoms with van der Waals surface area (Å²) in [6.07, 6.45) is 12.7. The van der Waals surface area contributed by atoms with Crippen molar-refractivity contribution in [2.24, 2.45) is 25.5 Å². The quantitative estimate of drug-likeness (QED) is 0.0175. The minimum Gasteiger partial charge on any atom is -0.507 e. The number of hydrogen-bond acceptors (Lipinski definition) is 21. The Morgan fingerprint density at radius 1 is 0.486 bits per heavy atom. The first kappa shape index (κ1) is 83.7. The topological polar surface area (TPSA) is 314 Å². The number of aromatic nitrogens is 3. The van der Waals surface area contributed by atoms with Gasteiger partial charge >= 0.3 is 0 Å². The molecule has 0 aliphatic rings. The van der Waals surface area contributed by atoms with E-state index in [9.17, 15) is 35.6 Å². The second-order valence-corrected chi connectivity index (χ2v) is 28.9. The van der Waals surface area contributed by atoms with E-state index in [1.807, 2.05) is 79.7 Å². The number of hydrogen-bond donors (Lipinski definition) is 10. The lowest BCUT2D eigenvalue weighted by Gasteiger charge is -2.26. The normalized spacial score (nSPS) is 11.4. The standard InChI is InChI=1S/C20H27N3O.C17H19BrN2O.C14H11Cl2N3O4.C13H11Cl2N3O.C12H9Cl2N3O/c1-19(2,3)15-11-14(18(24)16(12-15)20(4,5)6)13-22-23-17-9-7-8-10-21-17;1-17(2,3)13-9-16(21)15(10-14(13)18)20-19-11-12-7-5-4-6-8-12;1-23-11-6-10(15)12(16)13(14(11)20)18-17-7-8-2-4-9(5-3-8)19(21)22;1-8-2-3-12(16-6-8)18-17-7-9-4-10(14)5-11(15)13(9)19;13-9-5-8(12(18)10(14)6-9)7-16-17-11-3-1-2-4-15-11/h7-13,24H,1-6H3,(H,21,23);4-11,20-21H,1-3H3;2-7,18,20H,1H3;2-7,19H,1H3,(H,16,18);1-7,18H,(H,15,17)/b22-13+;19-11+;2*17-7+;16-7+. The molecule has 3 aromatic heterocycles. The highest BCUT2D eigenvalue weighted by Crippen LogP contribution is 2.45. The van der Waals surface area contributed by atoms with Gasteiger partial charge in [0.25, 0.3) is 5.69 Å². The number of rotatable bonds is 17. The van der Waals surface area contributed by atoms with Crippen LogP contribution >= 0.6 is 85.5 Å². The molecule has 3 heterocycles. The highest BCUT2D eigenvalue weighted by Gasteiger charge is 2.25. The number of anilines is 5. The minimum atomic E-state index is -0.491. The van der Waals surface area contributed by atoms with Crippen molar-refractivity contribution in [2.75, 3.05) is 34.2 Å². The first-order chi connectivity index (χ1) is 49.6. The van der Waals surface area contributed by atoms with Crippen LogP contribution in [-0.4, -0.2) is 83.6 Å². The Balaban J connectivity index is 0.000000207. The summed E-state index contributed by atoms with van der Waals surface area (Å²) in [4.78, 5) is 22.4. The van der Waals surface area contributed by atoms with E-state index in [4.69, 9.17) is 74.3 Å². The summed E-state index contributed by atoms with van der Waals surface area (Å²) in [6, 6.07) is 45.4. The predicted molar refractivity (Wildman–Crippen MR) is 434 cm³/mol. The van der Waals surface area contributed by atoms with Crippen LogP contribution in [0, 0.1) is 17.0 Å². The van der Waals surface area contributed by atoms with Gasteiger partial charge in [0.1, 0.15) is 46.1 Å². The van der Waals surface area contributed by atoms with Gasteiger partial charge < -0.3 is 30.3 Å². The zero-order valence-corrected chi connectivity index (χ0v) is 64.9. The van der Waals surface area contributed by atoms with Crippen LogP contribution in [0.4, 0.5) is 34.5 Å². The number of nitro groups is 1. The number of nitro benzene ring substituents is 1. The van der Waals surface area contributed by atoms with Crippen molar-refractivity contribution in [3.63, 3.8) is 0 Å². The van der Waals surface area contributed by atoms with E-state index in [-0.39, 0.29) is 82.2 Å². The van der Waals surface area contributed by atoms with E-state index < -0.39 is 4.92 Å². The van der Waals surface area contributed by atoms with Gasteiger partial charge in [-0.2, -0.15) is 25.5 Å². The van der Waals surface area contributed by atoms with Crippen molar-refractivity contribution < 1.29 is 35.2 Å². The zero-order valence-electron chi connectivity index (χ0n) is 58.8. The number of ether oxygens (including phenoxy) is 1. The molecular formula is C76H77BrCl6N14O8. The zero-order chi connectivity index (χ0) is 77.2. The summed E-state index contributed by atoms with van der Waals surface area (Å²) in [6.45, 7) is 21.1. The number of aromatic hydroxyl groups is 5. The summed E-state index contributed by atoms with van der Waals surface area (Å²) in [5.74, 6) is 2.12. The van der Waals surface area contributed by atoms with Gasteiger partial charge in [-0.15, -0.1) is 0 Å². The number of halogens is 7. The van der Waals surface area contributed by atoms with Crippen molar-refractivity contribution in [3.05, 3.63) is 271 Å². The minimum absolute atomic E-state index is 0.00922. The molecule has 0 atom stereocenters. The molecule has 0 aliphatic carbocycles. The molecular weight excluding hydrogens is 1530 g/mol. The Bertz CT molecular complexity index is 4700. The molecule has 0 amide bonds. The Kier molecular flexibility index (Phi) is 31.6. The maximum atomic E-state index is 10.7. The fourth-order valence-corrected chi connectivity index (χ4v) is 11.0. The van der Waals surface area contributed by atoms with Gasteiger partial charge in [-0.1, -0.05) is 202 Å². The number of nitrogens with one attached hydrogen (secondary N) is 5. The first-order valence-electron chi connectivity index (χ1n) is 31.6. The van der Waals surface area contributed by atoms with E-state index >= 15 is 0 Å². The lowest BCUT2D eigenvalue weighted by Crippen LogP contribution is -2.17. The molecule has 0 saturated heterocycles. The van der Waals surface area contributed by atoms with Crippen LogP contribution in [0.15, 0.2) is 206 Å². The van der Waals surface area contributed by atoms with E-state index in [1.54, 1.807) is 67.4 Å². The maximum Gasteiger partial charge on any atom is 0.269 e. The Morgan fingerprint density at radius 2 is 0.962 bits per heavy atom. The number of non-ortho nitro benzene ring substituents is 1. The molecule has 0 spiro atoms. The fourth-order valence-electron chi connectivity index (χ4n) is 8.67. The van der Waals surface area contributed by atoms with Crippen molar-refractivity contribution in [1.29, 1.82) is 0 Å². The van der Waals surface area contributed by atoms with Crippen LogP contribution < -0.4 is 31.9 Å². The SMILES string of the molecule is CC(C)(C)c1cc(/C=N/Nc2ccccn2)c(O)c(C(C)(C)C)c1.CC(C)(C)c1cc(O)c(N/N=C/c2ccccc2)cc1Br.COc1cc(Cl)c(Cl)c(N/N=C/c2ccc([N+](=O)[O-])cc2)c1O.Cc1ccc(N/N=C/c2cc(Cl)cc(Cl)c2O)nc1.Oc1c(Cl)cc(Cl)cc1/C=N/Nc1ccccn1. The lowest BCUT2D eigenvalue weighted by molar-refractivity contribution is -0.384. The third kappa shape index (κ3) is 26.8. The molecule has 10 aromatic rings. The second kappa shape index (κ2) is 39.6. The van der Waals surface area contributed by atoms with E-state index in [0.717, 1.165) is 26.7 Å². The van der Waals surface area contributed by atoms with Gasteiger partial charge in [0.15, 0.2) is 11.5 Å². The van der Waals surface area contributed by atoms with E-state index in [2.05, 4.69) is 152 Å². The summed E-state index contributed by atoms with van der Waals surface area (Å²) < 4.78 is 5.92. The number of benzene rings is 7. The number of aryl methyl sites for hydroxylation is 1. The van der Waals surface area contributed by atoms with Gasteiger partial charge in [0.05, 0.1) is 68.9 Å². The smallest absolute Gasteiger partial charge is 0.269 e. The van der Waals surface area contributed by atoms with Crippen molar-refractivity contribution in [2.45, 2.75) is 85.5 Å². The fraction of sp³-hybridized carbons (Fsp3) is 0.184. The van der Waals surface area contributed by atoms with Crippen molar-refractivity contribution in [1.82, 2.24) is 15.0 Å². The molecule has 548 valence electrons. The van der Waals surface area contributed by atoms with E-state index in [0.29, 0.717) is 55.4 Å². The predicted octanol–water partition coefficient (Wildman–Crippen LogP) is 21.2.